The van der Waals surface area contributed by atoms with Crippen molar-refractivity contribution >= 4 is 118 Å². The summed E-state index contributed by atoms with van der Waals surface area (Å²) in [6.45, 7) is 0.418. The maximum atomic E-state index is 2.47. The number of benzene rings is 10. The van der Waals surface area contributed by atoms with Crippen LogP contribution in [0.2, 0.25) is 0 Å². The normalized spacial score (nSPS) is 13.2. The summed E-state index contributed by atoms with van der Waals surface area (Å²) in [6.07, 6.45) is 11.0. The Morgan fingerprint density at radius 1 is 0.338 bits per heavy atom. The Kier molecular flexibility index (Phi) is 11.7. The van der Waals surface area contributed by atoms with Gasteiger partial charge >= 0.3 is 0 Å². The zero-order valence-corrected chi connectivity index (χ0v) is 41.8. The van der Waals surface area contributed by atoms with Gasteiger partial charge in [0.2, 0.25) is 13.4 Å². The number of hydrogen-bond donors (Lipinski definition) is 0. The Bertz CT molecular complexity index is 3970. The molecule has 0 spiro atoms. The molecule has 0 atom stereocenters. The first-order valence-corrected chi connectivity index (χ1v) is 25.9. The first-order valence-electron chi connectivity index (χ1n) is 25.9. The zero-order chi connectivity index (χ0) is 49.5. The average Bonchev–Trinajstić information content (AvgIpc) is 3.98. The highest BCUT2D eigenvalue weighted by molar-refractivity contribution is 6.98. The van der Waals surface area contributed by atoms with Gasteiger partial charge in [-0.05, 0) is 107 Å². The molecule has 0 saturated carbocycles. The third-order valence-corrected chi connectivity index (χ3v) is 15.4. The van der Waals surface area contributed by atoms with Crippen molar-refractivity contribution < 1.29 is 0 Å². The molecule has 0 N–H and O–H groups in total. The highest BCUT2D eigenvalue weighted by Gasteiger charge is 2.36. The van der Waals surface area contributed by atoms with Crippen LogP contribution < -0.4 is 42.6 Å². The summed E-state index contributed by atoms with van der Waals surface area (Å²) in [5.74, 6) is 0. The number of hydrogen-bond acceptors (Lipinski definition) is 2. The lowest BCUT2D eigenvalue weighted by Gasteiger charge is -2.37. The maximum absolute atomic E-state index is 2.47. The fraction of sp³-hybridized carbons (Fsp3) is 0.0588. The van der Waals surface area contributed by atoms with Gasteiger partial charge in [-0.1, -0.05) is 205 Å². The van der Waals surface area contributed by atoms with Crippen LogP contribution in [-0.4, -0.2) is 29.6 Å². The molecule has 74 heavy (non-hydrogen) atoms. The second-order valence-corrected chi connectivity index (χ2v) is 19.6. The lowest BCUT2D eigenvalue weighted by Crippen LogP contribution is -2.57. The van der Waals surface area contributed by atoms with Crippen molar-refractivity contribution in [2.75, 3.05) is 16.8 Å². The molecule has 0 amide bonds. The standard InChI is InChI=1S/C43H30BN3.C19H16BN.C6H8/c1-45-36-25-24-29(44-34-19-9-12-22-38(34)47(31-16-6-3-7-17-31)39-23-13-10-20-35(39)44)28-33(36)43-40(45)26-27-41-42(43)32-18-8-11-21-37(32)46(41)30-14-4-2-5-15-30;1-21-18-13-7-5-11-16(18)20(15-9-3-2-4-10-15)17-12-6-8-14-19(17)21;1-2-4-6-5-3-1/h2-28H,1H3;2-14H,1H3;1-4H,5-6H2. The first-order chi connectivity index (χ1) is 36.6. The summed E-state index contributed by atoms with van der Waals surface area (Å²) in [5, 5.41) is 5.20. The molecule has 15 rings (SSSR count). The van der Waals surface area contributed by atoms with Crippen molar-refractivity contribution in [3.8, 4) is 5.69 Å². The average molecular weight is 949 g/mol. The van der Waals surface area contributed by atoms with Crippen molar-refractivity contribution in [3.05, 3.63) is 267 Å². The molecule has 352 valence electrons. The molecule has 0 bridgehead atoms. The molecule has 6 heteroatoms. The number of allylic oxidation sites excluding steroid dienone is 4. The van der Waals surface area contributed by atoms with E-state index in [0.29, 0.717) is 6.71 Å². The van der Waals surface area contributed by atoms with Crippen LogP contribution in [0.3, 0.4) is 0 Å². The largest absolute Gasteiger partial charge is 0.345 e. The number of para-hydroxylation sites is 7. The highest BCUT2D eigenvalue weighted by Crippen LogP contribution is 2.41. The second kappa shape index (κ2) is 19.2. The molecule has 10 aromatic carbocycles. The molecule has 2 aromatic heterocycles. The summed E-state index contributed by atoms with van der Waals surface area (Å²) in [7, 11) is 4.36. The van der Waals surface area contributed by atoms with Crippen LogP contribution in [0.15, 0.2) is 267 Å². The molecule has 3 aliphatic rings. The van der Waals surface area contributed by atoms with Crippen LogP contribution in [0.1, 0.15) is 12.8 Å². The van der Waals surface area contributed by atoms with Gasteiger partial charge in [-0.15, -0.1) is 0 Å². The van der Waals surface area contributed by atoms with Crippen LogP contribution in [0, 0.1) is 0 Å². The number of rotatable bonds is 4. The van der Waals surface area contributed by atoms with Gasteiger partial charge in [0, 0.05) is 80.8 Å². The predicted molar refractivity (Wildman–Crippen MR) is 320 cm³/mol. The van der Waals surface area contributed by atoms with Crippen LogP contribution >= 0.6 is 0 Å². The Morgan fingerprint density at radius 3 is 1.36 bits per heavy atom. The third kappa shape index (κ3) is 7.65. The van der Waals surface area contributed by atoms with E-state index in [-0.39, 0.29) is 6.71 Å². The minimum absolute atomic E-state index is 0.104. The Labute approximate surface area is 434 Å². The van der Waals surface area contributed by atoms with Gasteiger partial charge in [-0.3, -0.25) is 0 Å². The van der Waals surface area contributed by atoms with E-state index < -0.39 is 0 Å². The molecule has 0 unspecified atom stereocenters. The van der Waals surface area contributed by atoms with E-state index in [1.165, 1.54) is 123 Å². The fourth-order valence-electron chi connectivity index (χ4n) is 12.1. The van der Waals surface area contributed by atoms with E-state index in [1.54, 1.807) is 0 Å². The molecule has 4 nitrogen and oxygen atoms in total. The molecule has 1 aliphatic carbocycles. The quantitative estimate of drug-likeness (QED) is 0.164. The van der Waals surface area contributed by atoms with Gasteiger partial charge in [-0.25, -0.2) is 0 Å². The van der Waals surface area contributed by atoms with E-state index in [0.717, 1.165) is 0 Å². The van der Waals surface area contributed by atoms with Gasteiger partial charge in [0.05, 0.1) is 11.0 Å². The van der Waals surface area contributed by atoms with Crippen LogP contribution in [0.25, 0.3) is 49.3 Å². The minimum Gasteiger partial charge on any atom is -0.345 e. The summed E-state index contributed by atoms with van der Waals surface area (Å²) < 4.78 is 4.78. The number of fused-ring (bicyclic) bond motifs is 11. The van der Waals surface area contributed by atoms with Crippen molar-refractivity contribution in [1.29, 1.82) is 0 Å². The molecule has 0 radical (unpaired) electrons. The van der Waals surface area contributed by atoms with Crippen LogP contribution in [0.5, 0.6) is 0 Å². The van der Waals surface area contributed by atoms with E-state index in [2.05, 4.69) is 300 Å². The number of anilines is 5. The van der Waals surface area contributed by atoms with E-state index in [4.69, 9.17) is 0 Å². The lowest BCUT2D eigenvalue weighted by molar-refractivity contribution is 1.01. The monoisotopic (exact) mass is 948 g/mol. The van der Waals surface area contributed by atoms with Crippen molar-refractivity contribution in [2.45, 2.75) is 12.8 Å². The molecule has 0 saturated heterocycles. The van der Waals surface area contributed by atoms with Crippen molar-refractivity contribution in [3.63, 3.8) is 0 Å². The molecule has 12 aromatic rings. The fourth-order valence-corrected chi connectivity index (χ4v) is 12.1. The molecular formula is C68H54B2N4. The van der Waals surface area contributed by atoms with Crippen LogP contribution in [-0.2, 0) is 7.05 Å². The SMILES string of the molecule is C1=CCCC=C1.CN1c2ccccc2B(c2ccccc2)c2ccccc21.Cn1c2ccc(B3c4ccccc4N(c4ccccc4)c4ccccc43)cc2c2c3c4ccccc4n(-c4ccccc4)c3ccc21. The summed E-state index contributed by atoms with van der Waals surface area (Å²) in [5.41, 5.74) is 20.4. The summed E-state index contributed by atoms with van der Waals surface area (Å²) >= 11 is 0. The van der Waals surface area contributed by atoms with Gasteiger partial charge in [0.15, 0.2) is 0 Å². The second-order valence-electron chi connectivity index (χ2n) is 19.6. The van der Waals surface area contributed by atoms with Crippen molar-refractivity contribution in [1.82, 2.24) is 9.13 Å². The molecular weight excluding hydrogens is 894 g/mol. The zero-order valence-electron chi connectivity index (χ0n) is 41.8. The highest BCUT2D eigenvalue weighted by atomic mass is 15.1. The number of nitrogens with zero attached hydrogens (tertiary/aromatic N) is 4. The van der Waals surface area contributed by atoms with Gasteiger partial charge in [0.1, 0.15) is 0 Å². The predicted octanol–water partition coefficient (Wildman–Crippen LogP) is 12.9. The smallest absolute Gasteiger partial charge is 0.246 e. The van der Waals surface area contributed by atoms with E-state index >= 15 is 0 Å². The molecule has 0 fully saturated rings. The van der Waals surface area contributed by atoms with E-state index in [1.807, 2.05) is 0 Å². The summed E-state index contributed by atoms with van der Waals surface area (Å²) in [6, 6.07) is 88.1. The minimum atomic E-state index is 0.104. The first kappa shape index (κ1) is 44.9. The Balaban J connectivity index is 0.000000161. The lowest BCUT2D eigenvalue weighted by atomic mass is 9.35. The van der Waals surface area contributed by atoms with Crippen molar-refractivity contribution in [2.24, 2.45) is 7.05 Å². The summed E-state index contributed by atoms with van der Waals surface area (Å²) in [4.78, 5) is 4.71. The topological polar surface area (TPSA) is 16.3 Å². The molecule has 2 aliphatic heterocycles. The van der Waals surface area contributed by atoms with Gasteiger partial charge < -0.3 is 18.9 Å². The molecule has 4 heterocycles. The Morgan fingerprint density at radius 2 is 0.784 bits per heavy atom. The van der Waals surface area contributed by atoms with Gasteiger partial charge in [0.25, 0.3) is 0 Å². The number of aromatic nitrogens is 2. The van der Waals surface area contributed by atoms with E-state index in [9.17, 15) is 0 Å². The third-order valence-electron chi connectivity index (χ3n) is 15.4. The Hall–Kier alpha value is -8.99. The van der Waals surface area contributed by atoms with Gasteiger partial charge in [-0.2, -0.15) is 0 Å². The maximum Gasteiger partial charge on any atom is 0.246 e. The number of aryl methyl sites for hydroxylation is 1. The van der Waals surface area contributed by atoms with Crippen LogP contribution in [0.4, 0.5) is 28.4 Å².